The minimum atomic E-state index is -0.399. The van der Waals surface area contributed by atoms with Gasteiger partial charge in [0.25, 0.3) is 0 Å². The van der Waals surface area contributed by atoms with E-state index in [0.717, 1.165) is 25.3 Å². The third-order valence-electron chi connectivity index (χ3n) is 3.79. The average molecular weight is 293 g/mol. The molecule has 21 heavy (non-hydrogen) atoms. The van der Waals surface area contributed by atoms with Crippen molar-refractivity contribution >= 4 is 11.4 Å². The lowest BCUT2D eigenvalue weighted by Crippen LogP contribution is -2.37. The molecule has 116 valence electrons. The smallest absolute Gasteiger partial charge is 0.311 e. The average Bonchev–Trinajstić information content (AvgIpc) is 2.97. The van der Waals surface area contributed by atoms with Crippen LogP contribution in [-0.4, -0.2) is 37.2 Å². The summed E-state index contributed by atoms with van der Waals surface area (Å²) < 4.78 is 5.42. The Labute approximate surface area is 125 Å². The van der Waals surface area contributed by atoms with Crippen molar-refractivity contribution in [2.45, 2.75) is 32.7 Å². The molecule has 6 heteroatoms. The highest BCUT2D eigenvalue weighted by molar-refractivity contribution is 5.59. The summed E-state index contributed by atoms with van der Waals surface area (Å²) in [6, 6.07) is 5.61. The van der Waals surface area contributed by atoms with Gasteiger partial charge < -0.3 is 15.0 Å². The van der Waals surface area contributed by atoms with Crippen molar-refractivity contribution in [1.29, 1.82) is 0 Å². The van der Waals surface area contributed by atoms with E-state index in [4.69, 9.17) is 4.74 Å². The topological polar surface area (TPSA) is 67.6 Å². The van der Waals surface area contributed by atoms with Crippen LogP contribution in [0.1, 0.15) is 26.7 Å². The second-order valence-corrected chi connectivity index (χ2v) is 5.17. The van der Waals surface area contributed by atoms with Crippen LogP contribution in [0.25, 0.3) is 0 Å². The maximum absolute atomic E-state index is 11.0. The van der Waals surface area contributed by atoms with Crippen molar-refractivity contribution in [3.63, 3.8) is 0 Å². The fourth-order valence-electron chi connectivity index (χ4n) is 2.72. The summed E-state index contributed by atoms with van der Waals surface area (Å²) in [7, 11) is 0. The zero-order valence-electron chi connectivity index (χ0n) is 12.7. The van der Waals surface area contributed by atoms with Gasteiger partial charge in [0.2, 0.25) is 0 Å². The fraction of sp³-hybridized carbons (Fsp3) is 0.600. The molecule has 0 aromatic heterocycles. The molecule has 6 nitrogen and oxygen atoms in total. The number of nitrogens with zero attached hydrogens (tertiary/aromatic N) is 2. The van der Waals surface area contributed by atoms with E-state index in [0.29, 0.717) is 18.4 Å². The van der Waals surface area contributed by atoms with Crippen molar-refractivity contribution < 1.29 is 9.66 Å². The Hall–Kier alpha value is -1.82. The second-order valence-electron chi connectivity index (χ2n) is 5.17. The second kappa shape index (κ2) is 7.26. The molecule has 1 fully saturated rings. The van der Waals surface area contributed by atoms with Gasteiger partial charge in [-0.15, -0.1) is 0 Å². The number of likely N-dealkylation sites (N-methyl/N-ethyl adjacent to an activating group) is 1. The molecule has 1 heterocycles. The van der Waals surface area contributed by atoms with Gasteiger partial charge in [-0.1, -0.05) is 0 Å². The van der Waals surface area contributed by atoms with E-state index in [2.05, 4.69) is 17.1 Å². The third-order valence-corrected chi connectivity index (χ3v) is 3.79. The lowest BCUT2D eigenvalue weighted by molar-refractivity contribution is -0.385. The molecule has 1 aromatic rings. The number of ether oxygens (including phenoxy) is 1. The first-order valence-corrected chi connectivity index (χ1v) is 7.55. The van der Waals surface area contributed by atoms with Crippen molar-refractivity contribution in [3.8, 4) is 5.75 Å². The molecule has 0 radical (unpaired) electrons. The van der Waals surface area contributed by atoms with Crippen LogP contribution in [0.4, 0.5) is 11.4 Å². The molecule has 1 unspecified atom stereocenters. The number of rotatable bonds is 7. The van der Waals surface area contributed by atoms with E-state index in [-0.39, 0.29) is 5.69 Å². The first-order valence-electron chi connectivity index (χ1n) is 7.55. The molecule has 1 N–H and O–H groups in total. The van der Waals surface area contributed by atoms with Crippen LogP contribution in [0.15, 0.2) is 18.2 Å². The Balaban J connectivity index is 2.19. The lowest BCUT2D eigenvalue weighted by Gasteiger charge is -2.26. The maximum Gasteiger partial charge on any atom is 0.311 e. The Morgan fingerprint density at radius 1 is 1.48 bits per heavy atom. The van der Waals surface area contributed by atoms with Gasteiger partial charge in [0, 0.05) is 37.0 Å². The van der Waals surface area contributed by atoms with Crippen molar-refractivity contribution in [3.05, 3.63) is 28.3 Å². The van der Waals surface area contributed by atoms with Gasteiger partial charge in [-0.2, -0.15) is 0 Å². The van der Waals surface area contributed by atoms with Crippen LogP contribution in [-0.2, 0) is 0 Å². The fourth-order valence-corrected chi connectivity index (χ4v) is 2.72. The van der Waals surface area contributed by atoms with Gasteiger partial charge in [-0.05, 0) is 39.3 Å². The lowest BCUT2D eigenvalue weighted by atomic mass is 10.2. The van der Waals surface area contributed by atoms with Gasteiger partial charge in [-0.25, -0.2) is 0 Å². The summed E-state index contributed by atoms with van der Waals surface area (Å²) >= 11 is 0. The first kappa shape index (κ1) is 15.6. The summed E-state index contributed by atoms with van der Waals surface area (Å²) in [6.07, 6.45) is 2.40. The number of nitro groups is 1. The molecule has 1 saturated heterocycles. The minimum absolute atomic E-state index is 0.0237. The molecule has 0 bridgehead atoms. The molecule has 0 aliphatic carbocycles. The maximum atomic E-state index is 11.0. The van der Waals surface area contributed by atoms with Crippen LogP contribution in [0.3, 0.4) is 0 Å². The van der Waals surface area contributed by atoms with Gasteiger partial charge in [-0.3, -0.25) is 10.1 Å². The summed E-state index contributed by atoms with van der Waals surface area (Å²) in [6.45, 7) is 7.20. The summed E-state index contributed by atoms with van der Waals surface area (Å²) in [5, 5.41) is 14.5. The molecule has 1 aromatic carbocycles. The highest BCUT2D eigenvalue weighted by Gasteiger charge is 2.20. The van der Waals surface area contributed by atoms with E-state index in [9.17, 15) is 10.1 Å². The number of nitrogens with one attached hydrogen (secondary N) is 1. The first-order chi connectivity index (χ1) is 10.2. The largest absolute Gasteiger partial charge is 0.487 e. The summed E-state index contributed by atoms with van der Waals surface area (Å²) in [5.41, 5.74) is 0.996. The van der Waals surface area contributed by atoms with Crippen molar-refractivity contribution in [2.75, 3.05) is 31.1 Å². The normalized spacial score (nSPS) is 17.7. The Bertz CT molecular complexity index is 487. The minimum Gasteiger partial charge on any atom is -0.487 e. The van der Waals surface area contributed by atoms with E-state index in [1.54, 1.807) is 12.1 Å². The number of hydrogen-bond donors (Lipinski definition) is 1. The molecule has 0 spiro atoms. The van der Waals surface area contributed by atoms with Crippen molar-refractivity contribution in [2.24, 2.45) is 0 Å². The predicted molar refractivity (Wildman–Crippen MR) is 83.2 cm³/mol. The van der Waals surface area contributed by atoms with Crippen LogP contribution in [0, 0.1) is 10.1 Å². The highest BCUT2D eigenvalue weighted by Crippen LogP contribution is 2.32. The number of benzene rings is 1. The summed E-state index contributed by atoms with van der Waals surface area (Å²) in [4.78, 5) is 12.9. The molecule has 0 amide bonds. The van der Waals surface area contributed by atoms with Gasteiger partial charge >= 0.3 is 5.69 Å². The molecule has 1 aliphatic rings. The molecule has 2 rings (SSSR count). The predicted octanol–water partition coefficient (Wildman–Crippen LogP) is 2.57. The van der Waals surface area contributed by atoms with Crippen LogP contribution in [0.2, 0.25) is 0 Å². The number of hydrogen-bond acceptors (Lipinski definition) is 5. The van der Waals surface area contributed by atoms with Crippen LogP contribution >= 0.6 is 0 Å². The van der Waals surface area contributed by atoms with E-state index in [1.165, 1.54) is 18.9 Å². The standard InChI is InChI=1S/C15H23N3O3/c1-3-17(11-12-6-5-9-16-12)13-7-8-14(18(19)20)15(10-13)21-4-2/h7-8,10,12,16H,3-6,9,11H2,1-2H3. The van der Waals surface area contributed by atoms with Crippen LogP contribution in [0.5, 0.6) is 5.75 Å². The molecule has 0 saturated carbocycles. The Morgan fingerprint density at radius 2 is 2.29 bits per heavy atom. The highest BCUT2D eigenvalue weighted by atomic mass is 16.6. The number of anilines is 1. The van der Waals surface area contributed by atoms with Crippen LogP contribution < -0.4 is 15.0 Å². The summed E-state index contributed by atoms with van der Waals surface area (Å²) in [5.74, 6) is 0.345. The van der Waals surface area contributed by atoms with E-state index < -0.39 is 4.92 Å². The monoisotopic (exact) mass is 293 g/mol. The van der Waals surface area contributed by atoms with Gasteiger partial charge in [0.05, 0.1) is 11.5 Å². The van der Waals surface area contributed by atoms with E-state index in [1.807, 2.05) is 6.92 Å². The Kier molecular flexibility index (Phi) is 5.38. The van der Waals surface area contributed by atoms with Gasteiger partial charge in [0.1, 0.15) is 0 Å². The molecular formula is C15H23N3O3. The third kappa shape index (κ3) is 3.85. The quantitative estimate of drug-likeness (QED) is 0.618. The SMILES string of the molecule is CCOc1cc(N(CC)CC2CCCN2)ccc1[N+](=O)[O-]. The zero-order chi connectivity index (χ0) is 15.2. The van der Waals surface area contributed by atoms with E-state index >= 15 is 0 Å². The van der Waals surface area contributed by atoms with Gasteiger partial charge in [0.15, 0.2) is 5.75 Å². The Morgan fingerprint density at radius 3 is 2.86 bits per heavy atom. The number of nitro benzene ring substituents is 1. The molecule has 1 atom stereocenters. The molecule has 1 aliphatic heterocycles. The van der Waals surface area contributed by atoms with Crippen molar-refractivity contribution in [1.82, 2.24) is 5.32 Å². The zero-order valence-corrected chi connectivity index (χ0v) is 12.7. The molecular weight excluding hydrogens is 270 g/mol.